The van der Waals surface area contributed by atoms with Gasteiger partial charge in [-0.3, -0.25) is 4.98 Å². The second-order valence-electron chi connectivity index (χ2n) is 19.7. The van der Waals surface area contributed by atoms with Crippen LogP contribution in [0.5, 0.6) is 0 Å². The van der Waals surface area contributed by atoms with Gasteiger partial charge in [-0.25, -0.2) is 0 Å². The lowest BCUT2D eigenvalue weighted by Crippen LogP contribution is -2.06. The molecule has 0 saturated carbocycles. The number of hydrogen-bond acceptors (Lipinski definition) is 10. The van der Waals surface area contributed by atoms with Gasteiger partial charge in [0.1, 0.15) is 0 Å². The summed E-state index contributed by atoms with van der Waals surface area (Å²) in [7, 11) is 0. The van der Waals surface area contributed by atoms with Crippen LogP contribution in [0, 0.1) is 116 Å². The van der Waals surface area contributed by atoms with E-state index >= 15 is 0 Å². The Morgan fingerprint density at radius 3 is 0.829 bits per heavy atom. The predicted octanol–water partition coefficient (Wildman–Crippen LogP) is 15.1. The number of hydrogen-bond donors (Lipinski definition) is 0. The molecule has 0 spiro atoms. The minimum absolute atomic E-state index is 0.300. The lowest BCUT2D eigenvalue weighted by molar-refractivity contribution is 1.09. The first-order chi connectivity index (χ1) is 40.0. The summed E-state index contributed by atoms with van der Waals surface area (Å²) in [5, 5.41) is 96.1. The Balaban J connectivity index is 1.28. The highest BCUT2D eigenvalue weighted by Crippen LogP contribution is 2.45. The maximum absolute atomic E-state index is 11.4. The molecule has 0 bridgehead atoms. The van der Waals surface area contributed by atoms with Gasteiger partial charge in [-0.1, -0.05) is 72.8 Å². The Kier molecular flexibility index (Phi) is 12.1. The molecule has 12 aromatic rings. The summed E-state index contributed by atoms with van der Waals surface area (Å²) in [6.45, 7) is 3.80. The third-order valence-corrected chi connectivity index (χ3v) is 15.0. The lowest BCUT2D eigenvalue weighted by Gasteiger charge is -2.20. The van der Waals surface area contributed by atoms with Gasteiger partial charge in [-0.15, -0.1) is 0 Å². The second kappa shape index (κ2) is 19.9. The lowest BCUT2D eigenvalue weighted by atomic mass is 9.96. The van der Waals surface area contributed by atoms with Crippen molar-refractivity contribution in [3.8, 4) is 122 Å². The highest BCUT2D eigenvalue weighted by molar-refractivity contribution is 6.14. The Bertz CT molecular complexity index is 4970. The highest BCUT2D eigenvalue weighted by Gasteiger charge is 2.25. The third-order valence-electron chi connectivity index (χ3n) is 15.0. The first-order valence-corrected chi connectivity index (χ1v) is 25.5. The molecule has 374 valence electrons. The first kappa shape index (κ1) is 50.0. The minimum atomic E-state index is 0.300. The van der Waals surface area contributed by atoms with Crippen molar-refractivity contribution in [2.45, 2.75) is 13.8 Å². The van der Waals surface area contributed by atoms with Crippen molar-refractivity contribution >= 4 is 43.6 Å². The second-order valence-corrected chi connectivity index (χ2v) is 19.7. The fraction of sp³-hybridized carbons (Fsp3) is 0.0286. The molecule has 0 aliphatic carbocycles. The first-order valence-electron chi connectivity index (χ1n) is 25.5. The van der Waals surface area contributed by atoms with Gasteiger partial charge >= 0.3 is 0 Å². The van der Waals surface area contributed by atoms with Gasteiger partial charge in [0.2, 0.25) is 0 Å². The summed E-state index contributed by atoms with van der Waals surface area (Å²) in [6.07, 6.45) is 0. The van der Waals surface area contributed by atoms with Gasteiger partial charge in [0.15, 0.2) is 0 Å². The zero-order valence-corrected chi connectivity index (χ0v) is 43.5. The Morgan fingerprint density at radius 1 is 0.268 bits per heavy atom. The van der Waals surface area contributed by atoms with Crippen LogP contribution in [0.25, 0.3) is 111 Å². The monoisotopic (exact) mass is 1040 g/mol. The van der Waals surface area contributed by atoms with Crippen molar-refractivity contribution in [1.82, 2.24) is 14.1 Å². The fourth-order valence-corrected chi connectivity index (χ4v) is 11.3. The Labute approximate surface area is 469 Å². The maximum atomic E-state index is 11.4. The molecule has 0 aliphatic rings. The third kappa shape index (κ3) is 8.21. The molecule has 9 aromatic carbocycles. The molecular formula is C70H34N12. The molecule has 0 fully saturated rings. The molecule has 12 heteroatoms. The van der Waals surface area contributed by atoms with E-state index in [1.165, 1.54) is 0 Å². The van der Waals surface area contributed by atoms with Crippen LogP contribution in [-0.2, 0) is 0 Å². The molecule has 12 rings (SSSR count). The van der Waals surface area contributed by atoms with Crippen molar-refractivity contribution in [1.29, 1.82) is 47.4 Å². The van der Waals surface area contributed by atoms with Crippen LogP contribution in [0.2, 0.25) is 0 Å². The number of nitriles is 9. The van der Waals surface area contributed by atoms with E-state index in [0.717, 1.165) is 38.5 Å². The molecule has 0 atom stereocenters. The van der Waals surface area contributed by atoms with Crippen molar-refractivity contribution in [3.05, 3.63) is 231 Å². The van der Waals surface area contributed by atoms with Gasteiger partial charge < -0.3 is 9.13 Å². The summed E-state index contributed by atoms with van der Waals surface area (Å²) in [5.41, 5.74) is 14.7. The van der Waals surface area contributed by atoms with Crippen LogP contribution in [0.3, 0.4) is 0 Å². The molecular weight excluding hydrogens is 1010 g/mol. The molecule has 0 unspecified atom stereocenters. The van der Waals surface area contributed by atoms with E-state index in [4.69, 9.17) is 0 Å². The Morgan fingerprint density at radius 2 is 0.549 bits per heavy atom. The van der Waals surface area contributed by atoms with E-state index < -0.39 is 0 Å². The van der Waals surface area contributed by atoms with Crippen molar-refractivity contribution in [3.63, 3.8) is 0 Å². The van der Waals surface area contributed by atoms with E-state index in [0.29, 0.717) is 134 Å². The molecule has 0 aliphatic heterocycles. The van der Waals surface area contributed by atoms with Gasteiger partial charge in [0.25, 0.3) is 0 Å². The fourth-order valence-electron chi connectivity index (χ4n) is 11.3. The number of aryl methyl sites for hydroxylation is 2. The average molecular weight is 1040 g/mol. The van der Waals surface area contributed by atoms with Gasteiger partial charge in [-0.2, -0.15) is 47.4 Å². The molecule has 0 N–H and O–H groups in total. The van der Waals surface area contributed by atoms with Crippen LogP contribution in [-0.4, -0.2) is 14.1 Å². The Hall–Kier alpha value is -12.9. The smallest absolute Gasteiger partial charge is 0.0998 e. The number of fused-ring (bicyclic) bond motifs is 6. The quantitative estimate of drug-likeness (QED) is 0.146. The molecule has 82 heavy (non-hydrogen) atoms. The van der Waals surface area contributed by atoms with Crippen LogP contribution >= 0.6 is 0 Å². The number of pyridine rings is 1. The van der Waals surface area contributed by atoms with Crippen LogP contribution < -0.4 is 0 Å². The summed E-state index contributed by atoms with van der Waals surface area (Å²) >= 11 is 0. The number of benzene rings is 9. The van der Waals surface area contributed by atoms with E-state index in [2.05, 4.69) is 68.7 Å². The summed E-state index contributed by atoms with van der Waals surface area (Å²) in [4.78, 5) is 4.69. The predicted molar refractivity (Wildman–Crippen MR) is 312 cm³/mol. The van der Waals surface area contributed by atoms with Crippen LogP contribution in [0.4, 0.5) is 0 Å². The van der Waals surface area contributed by atoms with E-state index in [1.807, 2.05) is 111 Å². The van der Waals surface area contributed by atoms with Crippen LogP contribution in [0.1, 0.15) is 61.5 Å². The average Bonchev–Trinajstić information content (AvgIpc) is 1.96. The largest absolute Gasteiger partial charge is 0.307 e. The van der Waals surface area contributed by atoms with E-state index in [-0.39, 0.29) is 0 Å². The summed E-state index contributed by atoms with van der Waals surface area (Å²) < 4.78 is 4.21. The highest BCUT2D eigenvalue weighted by atomic mass is 15.1. The van der Waals surface area contributed by atoms with Gasteiger partial charge in [0, 0.05) is 38.5 Å². The zero-order chi connectivity index (χ0) is 56.9. The minimum Gasteiger partial charge on any atom is -0.307 e. The standard InChI is InChI=1S/C70H34N12/c1-40-19-50(20-41(2)80-40)64-30-70(82-67-27-48(58-13-5-44(33-73)23-53(58)37-77)9-17-62(67)63-18-10-49(28-68(63)82)59-14-6-45(34-74)24-54(59)38-78)69(29-55(64)39-79)81-65-25-46(56-11-3-42(31-71)21-51(56)35-75)7-15-60(65)61-16-8-47(26-66(61)81)57-12-4-43(32-72)22-52(57)36-76/h3-30H,1-2H3. The number of nitrogens with zero attached hydrogens (tertiary/aromatic N) is 12. The topological polar surface area (TPSA) is 237 Å². The molecule has 0 radical (unpaired) electrons. The molecule has 0 saturated heterocycles. The molecule has 3 aromatic heterocycles. The van der Waals surface area contributed by atoms with Crippen LogP contribution in [0.15, 0.2) is 170 Å². The SMILES string of the molecule is Cc1cc(-c2cc(-n3c4cc(-c5ccc(C#N)cc5C#N)ccc4c4ccc(-c5ccc(C#N)cc5C#N)cc43)c(-n3c4cc(-c5ccc(C#N)cc5C#N)ccc4c4ccc(-c5ccc(C#N)cc5C#N)cc43)cc2C#N)cc(C)n1. The van der Waals surface area contributed by atoms with Gasteiger partial charge in [0.05, 0.1) is 138 Å². The maximum Gasteiger partial charge on any atom is 0.0998 e. The normalized spacial score (nSPS) is 10.7. The van der Waals surface area contributed by atoms with Crippen molar-refractivity contribution in [2.24, 2.45) is 0 Å². The molecule has 3 heterocycles. The van der Waals surface area contributed by atoms with Gasteiger partial charge in [-0.05, 0) is 161 Å². The van der Waals surface area contributed by atoms with Crippen molar-refractivity contribution in [2.75, 3.05) is 0 Å². The van der Waals surface area contributed by atoms with E-state index in [9.17, 15) is 47.4 Å². The zero-order valence-electron chi connectivity index (χ0n) is 43.5. The van der Waals surface area contributed by atoms with Crippen molar-refractivity contribution < 1.29 is 0 Å². The summed E-state index contributed by atoms with van der Waals surface area (Å²) in [6, 6.07) is 71.7. The molecule has 0 amide bonds. The van der Waals surface area contributed by atoms with E-state index in [1.54, 1.807) is 72.8 Å². The number of aromatic nitrogens is 3. The number of rotatable bonds is 7. The summed E-state index contributed by atoms with van der Waals surface area (Å²) in [5.74, 6) is 0. The molecule has 12 nitrogen and oxygen atoms in total.